The summed E-state index contributed by atoms with van der Waals surface area (Å²) in [5.41, 5.74) is 5.66. The van der Waals surface area contributed by atoms with Crippen molar-refractivity contribution >= 4 is 45.8 Å². The van der Waals surface area contributed by atoms with Gasteiger partial charge in [-0.25, -0.2) is 0 Å². The summed E-state index contributed by atoms with van der Waals surface area (Å²) in [6.07, 6.45) is 3.11. The molecule has 0 bridgehead atoms. The third-order valence-corrected chi connectivity index (χ3v) is 3.62. The lowest BCUT2D eigenvalue weighted by molar-refractivity contribution is -0.149. The number of nitrogens with two attached hydrogens (primary N) is 1. The molecule has 0 saturated heterocycles. The number of aromatic hydroxyl groups is 2. The predicted octanol–water partition coefficient (Wildman–Crippen LogP) is 1.88. The molecule has 0 aliphatic carbocycles. The molecule has 8 nitrogen and oxygen atoms in total. The van der Waals surface area contributed by atoms with Crippen LogP contribution >= 0.6 is 34.0 Å². The summed E-state index contributed by atoms with van der Waals surface area (Å²) in [7, 11) is 0. The number of carbonyl (C=O) groups is 2. The Labute approximate surface area is 183 Å². The quantitative estimate of drug-likeness (QED) is 0.248. The summed E-state index contributed by atoms with van der Waals surface area (Å²) < 4.78 is 5.11. The number of pyridine rings is 1. The summed E-state index contributed by atoms with van der Waals surface area (Å²) in [6, 6.07) is 7.48. The van der Waals surface area contributed by atoms with E-state index in [9.17, 15) is 19.8 Å². The number of benzene rings is 1. The van der Waals surface area contributed by atoms with Crippen LogP contribution < -0.4 is 11.1 Å². The fourth-order valence-electron chi connectivity index (χ4n) is 2.25. The van der Waals surface area contributed by atoms with Gasteiger partial charge in [-0.2, -0.15) is 0 Å². The van der Waals surface area contributed by atoms with E-state index in [4.69, 9.17) is 10.5 Å². The van der Waals surface area contributed by atoms with Gasteiger partial charge < -0.3 is 26.0 Å². The Bertz CT molecular complexity index is 788. The first-order valence-corrected chi connectivity index (χ1v) is 7.95. The smallest absolute Gasteiger partial charge is 0.326 e. The topological polar surface area (TPSA) is 135 Å². The molecule has 28 heavy (non-hydrogen) atoms. The first-order valence-electron chi connectivity index (χ1n) is 7.95. The zero-order valence-corrected chi connectivity index (χ0v) is 18.5. The molecule has 1 atom stereocenters. The maximum Gasteiger partial charge on any atom is 0.326 e. The summed E-state index contributed by atoms with van der Waals surface area (Å²) >= 11 is 0. The number of rotatable bonds is 7. The molecule has 2 aromatic rings. The van der Waals surface area contributed by atoms with Gasteiger partial charge in [0.05, 0.1) is 12.1 Å². The van der Waals surface area contributed by atoms with E-state index >= 15 is 0 Å². The van der Waals surface area contributed by atoms with E-state index in [0.717, 1.165) is 0 Å². The molecule has 0 unspecified atom stereocenters. The van der Waals surface area contributed by atoms with Crippen molar-refractivity contribution in [2.24, 2.45) is 5.73 Å². The molecule has 1 amide bonds. The normalized spacial score (nSPS) is 11.9. The Kier molecular flexibility index (Phi) is 10.7. The molecule has 154 valence electrons. The molecule has 0 saturated carbocycles. The van der Waals surface area contributed by atoms with Crippen LogP contribution in [0.15, 0.2) is 42.7 Å². The maximum atomic E-state index is 12.2. The van der Waals surface area contributed by atoms with Gasteiger partial charge in [0.25, 0.3) is 5.91 Å². The number of phenols is 2. The lowest BCUT2D eigenvalue weighted by Gasteiger charge is -2.22. The SMILES string of the molecule is Br.Br.C[C@](N)(Cc1ccc(O)c(O)c1)C(=O)OCCNC(=O)c1cccnc1. The van der Waals surface area contributed by atoms with Crippen molar-refractivity contribution in [3.63, 3.8) is 0 Å². The number of nitrogens with zero attached hydrogens (tertiary/aromatic N) is 1. The van der Waals surface area contributed by atoms with Gasteiger partial charge >= 0.3 is 5.97 Å². The average molecular weight is 521 g/mol. The molecule has 0 fully saturated rings. The van der Waals surface area contributed by atoms with Gasteiger partial charge in [0.15, 0.2) is 11.5 Å². The number of ether oxygens (including phenoxy) is 1. The summed E-state index contributed by atoms with van der Waals surface area (Å²) in [5.74, 6) is -1.49. The summed E-state index contributed by atoms with van der Waals surface area (Å²) in [5, 5.41) is 21.4. The molecule has 1 aromatic carbocycles. The molecular formula is C18H23Br2N3O5. The first kappa shape index (κ1) is 25.8. The van der Waals surface area contributed by atoms with Gasteiger partial charge in [0.1, 0.15) is 12.1 Å². The minimum atomic E-state index is -1.32. The molecule has 1 heterocycles. The van der Waals surface area contributed by atoms with E-state index in [-0.39, 0.29) is 70.9 Å². The minimum Gasteiger partial charge on any atom is -0.504 e. The summed E-state index contributed by atoms with van der Waals surface area (Å²) in [6.45, 7) is 1.61. The van der Waals surface area contributed by atoms with Crippen molar-refractivity contribution in [2.45, 2.75) is 18.9 Å². The molecule has 2 rings (SSSR count). The van der Waals surface area contributed by atoms with E-state index < -0.39 is 11.5 Å². The number of hydrogen-bond acceptors (Lipinski definition) is 7. The highest BCUT2D eigenvalue weighted by molar-refractivity contribution is 8.93. The second-order valence-electron chi connectivity index (χ2n) is 6.05. The van der Waals surface area contributed by atoms with E-state index in [0.29, 0.717) is 11.1 Å². The zero-order chi connectivity index (χ0) is 19.2. The Morgan fingerprint density at radius 3 is 2.54 bits per heavy atom. The van der Waals surface area contributed by atoms with E-state index in [2.05, 4.69) is 10.3 Å². The zero-order valence-electron chi connectivity index (χ0n) is 15.1. The first-order chi connectivity index (χ1) is 12.3. The van der Waals surface area contributed by atoms with Gasteiger partial charge in [-0.05, 0) is 36.8 Å². The Morgan fingerprint density at radius 1 is 1.21 bits per heavy atom. The monoisotopic (exact) mass is 519 g/mol. The van der Waals surface area contributed by atoms with Crippen LogP contribution in [0.25, 0.3) is 0 Å². The number of nitrogens with one attached hydrogen (secondary N) is 1. The fourth-order valence-corrected chi connectivity index (χ4v) is 2.25. The Hall–Kier alpha value is -2.17. The molecule has 0 spiro atoms. The maximum absolute atomic E-state index is 12.2. The fraction of sp³-hybridized carbons (Fsp3) is 0.278. The van der Waals surface area contributed by atoms with Gasteiger partial charge in [-0.1, -0.05) is 6.07 Å². The van der Waals surface area contributed by atoms with Crippen molar-refractivity contribution in [2.75, 3.05) is 13.2 Å². The van der Waals surface area contributed by atoms with Crippen molar-refractivity contribution in [1.29, 1.82) is 0 Å². The Balaban J connectivity index is 0.00000364. The number of halogens is 2. The van der Waals surface area contributed by atoms with Crippen molar-refractivity contribution < 1.29 is 24.5 Å². The van der Waals surface area contributed by atoms with Crippen LogP contribution in [0, 0.1) is 0 Å². The Morgan fingerprint density at radius 2 is 1.93 bits per heavy atom. The van der Waals surface area contributed by atoms with Crippen molar-refractivity contribution in [1.82, 2.24) is 10.3 Å². The number of aromatic nitrogens is 1. The standard InChI is InChI=1S/C18H21N3O5.2BrH/c1-18(19,10-12-4-5-14(22)15(23)9-12)17(25)26-8-7-21-16(24)13-3-2-6-20-11-13;;/h2-6,9,11,22-23H,7-8,10,19H2,1H3,(H,21,24);2*1H/t18-;;/m0../s1. The lowest BCUT2D eigenvalue weighted by atomic mass is 9.94. The van der Waals surface area contributed by atoms with Gasteiger partial charge in [0, 0.05) is 18.8 Å². The number of amides is 1. The average Bonchev–Trinajstić information content (AvgIpc) is 2.62. The van der Waals surface area contributed by atoms with Crippen LogP contribution in [0.1, 0.15) is 22.8 Å². The molecule has 1 aromatic heterocycles. The molecule has 0 aliphatic rings. The van der Waals surface area contributed by atoms with Gasteiger partial charge in [-0.15, -0.1) is 34.0 Å². The minimum absolute atomic E-state index is 0. The van der Waals surface area contributed by atoms with Crippen LogP contribution in [0.5, 0.6) is 11.5 Å². The van der Waals surface area contributed by atoms with Crippen molar-refractivity contribution in [3.05, 3.63) is 53.9 Å². The number of esters is 1. The highest BCUT2D eigenvalue weighted by Crippen LogP contribution is 2.26. The molecule has 5 N–H and O–H groups in total. The van der Waals surface area contributed by atoms with Crippen LogP contribution in [0.4, 0.5) is 0 Å². The van der Waals surface area contributed by atoms with Crippen LogP contribution in [0.2, 0.25) is 0 Å². The number of carbonyl (C=O) groups excluding carboxylic acids is 2. The highest BCUT2D eigenvalue weighted by Gasteiger charge is 2.30. The molecular weight excluding hydrogens is 498 g/mol. The molecule has 10 heteroatoms. The number of phenolic OH excluding ortho intramolecular Hbond substituents is 2. The van der Waals surface area contributed by atoms with Crippen LogP contribution in [-0.2, 0) is 16.0 Å². The van der Waals surface area contributed by atoms with E-state index in [1.807, 2.05) is 0 Å². The highest BCUT2D eigenvalue weighted by atomic mass is 79.9. The molecule has 0 radical (unpaired) electrons. The largest absolute Gasteiger partial charge is 0.504 e. The second kappa shape index (κ2) is 11.6. The van der Waals surface area contributed by atoms with E-state index in [1.54, 1.807) is 24.4 Å². The van der Waals surface area contributed by atoms with Gasteiger partial charge in [-0.3, -0.25) is 14.6 Å². The van der Waals surface area contributed by atoms with Crippen molar-refractivity contribution in [3.8, 4) is 11.5 Å². The third kappa shape index (κ3) is 7.45. The number of hydrogen-bond donors (Lipinski definition) is 4. The van der Waals surface area contributed by atoms with Crippen LogP contribution in [0.3, 0.4) is 0 Å². The lowest BCUT2D eigenvalue weighted by Crippen LogP contribution is -2.48. The predicted molar refractivity (Wildman–Crippen MR) is 114 cm³/mol. The second-order valence-corrected chi connectivity index (χ2v) is 6.05. The van der Waals surface area contributed by atoms with Gasteiger partial charge in [0.2, 0.25) is 0 Å². The molecule has 0 aliphatic heterocycles. The third-order valence-electron chi connectivity index (χ3n) is 3.62. The van der Waals surface area contributed by atoms with E-state index in [1.165, 1.54) is 25.3 Å². The van der Waals surface area contributed by atoms with Crippen LogP contribution in [-0.4, -0.2) is 45.8 Å². The summed E-state index contributed by atoms with van der Waals surface area (Å²) in [4.78, 5) is 27.8.